The van der Waals surface area contributed by atoms with E-state index in [1.165, 1.54) is 13.0 Å². The molecule has 0 aromatic heterocycles. The van der Waals surface area contributed by atoms with E-state index in [4.69, 9.17) is 14.9 Å². The number of aliphatic hydroxyl groups is 2. The minimum atomic E-state index is -1.26. The van der Waals surface area contributed by atoms with E-state index in [-0.39, 0.29) is 24.7 Å². The number of carbonyl (C=O) groups excluding carboxylic acids is 1. The number of carbonyl (C=O) groups is 2. The van der Waals surface area contributed by atoms with Crippen LogP contribution in [-0.4, -0.2) is 65.1 Å². The highest BCUT2D eigenvalue weighted by atomic mass is 16.5. The van der Waals surface area contributed by atoms with E-state index < -0.39 is 30.3 Å². The zero-order chi connectivity index (χ0) is 15.3. The summed E-state index contributed by atoms with van der Waals surface area (Å²) < 4.78 is 5.25. The molecule has 4 unspecified atom stereocenters. The molecule has 114 valence electrons. The normalized spacial score (nSPS) is 27.2. The standard InChI is InChI=1S/C12H20N2O6/c1-6(16)14-10-7(13-2)5-9(12(18)19)20-11(10)8(17)3-4-15/h5,7-8,10-11,13,15,17H,3-4H2,1-2H3,(H,14,16)(H,18,19). The van der Waals surface area contributed by atoms with Crippen LogP contribution in [0.15, 0.2) is 11.8 Å². The van der Waals surface area contributed by atoms with Gasteiger partial charge in [0.2, 0.25) is 11.7 Å². The van der Waals surface area contributed by atoms with Gasteiger partial charge in [-0.1, -0.05) is 0 Å². The summed E-state index contributed by atoms with van der Waals surface area (Å²) in [6.45, 7) is 1.04. The fraction of sp³-hybridized carbons (Fsp3) is 0.667. The minimum absolute atomic E-state index is 0.0179. The molecular formula is C12H20N2O6. The molecule has 1 amide bonds. The number of aliphatic hydroxyl groups excluding tert-OH is 2. The molecule has 5 N–H and O–H groups in total. The average molecular weight is 288 g/mol. The van der Waals surface area contributed by atoms with Crippen molar-refractivity contribution in [2.75, 3.05) is 13.7 Å². The smallest absolute Gasteiger partial charge is 0.370 e. The van der Waals surface area contributed by atoms with Gasteiger partial charge in [0.25, 0.3) is 0 Å². The van der Waals surface area contributed by atoms with E-state index in [9.17, 15) is 14.7 Å². The Morgan fingerprint density at radius 2 is 2.15 bits per heavy atom. The minimum Gasteiger partial charge on any atom is -0.478 e. The number of hydrogen-bond donors (Lipinski definition) is 5. The Morgan fingerprint density at radius 3 is 2.60 bits per heavy atom. The molecule has 8 heteroatoms. The summed E-state index contributed by atoms with van der Waals surface area (Å²) in [5.74, 6) is -1.88. The number of aliphatic carboxylic acids is 1. The summed E-state index contributed by atoms with van der Waals surface area (Å²) in [6.07, 6.45) is -0.704. The highest BCUT2D eigenvalue weighted by molar-refractivity contribution is 5.84. The van der Waals surface area contributed by atoms with Crippen LogP contribution in [0, 0.1) is 0 Å². The molecule has 1 rings (SSSR count). The van der Waals surface area contributed by atoms with Gasteiger partial charge in [0.1, 0.15) is 6.10 Å². The van der Waals surface area contributed by atoms with Crippen LogP contribution < -0.4 is 10.6 Å². The van der Waals surface area contributed by atoms with Crippen molar-refractivity contribution >= 4 is 11.9 Å². The predicted octanol–water partition coefficient (Wildman–Crippen LogP) is -1.81. The van der Waals surface area contributed by atoms with Gasteiger partial charge in [0.15, 0.2) is 0 Å². The lowest BCUT2D eigenvalue weighted by Crippen LogP contribution is -2.60. The van der Waals surface area contributed by atoms with Gasteiger partial charge in [-0.2, -0.15) is 0 Å². The van der Waals surface area contributed by atoms with Crippen LogP contribution in [0.25, 0.3) is 0 Å². The van der Waals surface area contributed by atoms with Crippen molar-refractivity contribution in [3.05, 3.63) is 11.8 Å². The van der Waals surface area contributed by atoms with Crippen LogP contribution in [0.4, 0.5) is 0 Å². The van der Waals surface area contributed by atoms with Crippen molar-refractivity contribution in [2.45, 2.75) is 37.6 Å². The maximum Gasteiger partial charge on any atom is 0.370 e. The van der Waals surface area contributed by atoms with Crippen LogP contribution in [0.5, 0.6) is 0 Å². The maximum absolute atomic E-state index is 11.3. The molecule has 1 aliphatic heterocycles. The second-order valence-corrected chi connectivity index (χ2v) is 4.54. The first-order valence-electron chi connectivity index (χ1n) is 6.25. The first kappa shape index (κ1) is 16.4. The van der Waals surface area contributed by atoms with Gasteiger partial charge >= 0.3 is 5.97 Å². The zero-order valence-corrected chi connectivity index (χ0v) is 11.4. The number of ether oxygens (including phenoxy) is 1. The fourth-order valence-electron chi connectivity index (χ4n) is 2.14. The Bertz CT molecular complexity index is 397. The van der Waals surface area contributed by atoms with Crippen molar-refractivity contribution in [1.29, 1.82) is 0 Å². The molecular weight excluding hydrogens is 268 g/mol. The van der Waals surface area contributed by atoms with E-state index in [1.54, 1.807) is 7.05 Å². The lowest BCUT2D eigenvalue weighted by atomic mass is 9.93. The van der Waals surface area contributed by atoms with Gasteiger partial charge in [-0.3, -0.25) is 4.79 Å². The Balaban J connectivity index is 3.04. The Labute approximate surface area is 116 Å². The van der Waals surface area contributed by atoms with E-state index in [1.807, 2.05) is 0 Å². The molecule has 0 spiro atoms. The van der Waals surface area contributed by atoms with Crippen molar-refractivity contribution < 1.29 is 29.6 Å². The highest BCUT2D eigenvalue weighted by Gasteiger charge is 2.40. The van der Waals surface area contributed by atoms with Crippen LogP contribution in [0.3, 0.4) is 0 Å². The highest BCUT2D eigenvalue weighted by Crippen LogP contribution is 2.22. The van der Waals surface area contributed by atoms with Crippen molar-refractivity contribution in [3.63, 3.8) is 0 Å². The van der Waals surface area contributed by atoms with Gasteiger partial charge in [0.05, 0.1) is 18.2 Å². The van der Waals surface area contributed by atoms with Crippen molar-refractivity contribution in [3.8, 4) is 0 Å². The number of amides is 1. The zero-order valence-electron chi connectivity index (χ0n) is 11.4. The van der Waals surface area contributed by atoms with Crippen LogP contribution in [0.1, 0.15) is 13.3 Å². The van der Waals surface area contributed by atoms with Gasteiger partial charge in [0, 0.05) is 20.0 Å². The molecule has 20 heavy (non-hydrogen) atoms. The molecule has 0 saturated heterocycles. The molecule has 0 aromatic rings. The predicted molar refractivity (Wildman–Crippen MR) is 68.8 cm³/mol. The lowest BCUT2D eigenvalue weighted by Gasteiger charge is -2.38. The summed E-state index contributed by atoms with van der Waals surface area (Å²) >= 11 is 0. The molecule has 0 aliphatic carbocycles. The quantitative estimate of drug-likeness (QED) is 0.389. The third-order valence-electron chi connectivity index (χ3n) is 3.05. The number of rotatable bonds is 6. The summed E-state index contributed by atoms with van der Waals surface area (Å²) in [4.78, 5) is 22.3. The Kier molecular flexibility index (Phi) is 5.93. The molecule has 0 bridgehead atoms. The van der Waals surface area contributed by atoms with Gasteiger partial charge in [-0.25, -0.2) is 4.79 Å². The molecule has 0 aromatic carbocycles. The second kappa shape index (κ2) is 7.22. The second-order valence-electron chi connectivity index (χ2n) is 4.54. The summed E-state index contributed by atoms with van der Waals surface area (Å²) in [5, 5.41) is 33.4. The van der Waals surface area contributed by atoms with Crippen molar-refractivity contribution in [1.82, 2.24) is 10.6 Å². The molecule has 0 saturated carbocycles. The lowest BCUT2D eigenvalue weighted by molar-refractivity contribution is -0.141. The van der Waals surface area contributed by atoms with Crippen LogP contribution >= 0.6 is 0 Å². The number of likely N-dealkylation sites (N-methyl/N-ethyl adjacent to an activating group) is 1. The van der Waals surface area contributed by atoms with Crippen LogP contribution in [0.2, 0.25) is 0 Å². The monoisotopic (exact) mass is 288 g/mol. The van der Waals surface area contributed by atoms with E-state index >= 15 is 0 Å². The Morgan fingerprint density at radius 1 is 1.50 bits per heavy atom. The van der Waals surface area contributed by atoms with E-state index in [2.05, 4.69) is 10.6 Å². The first-order chi connectivity index (χ1) is 9.40. The number of carboxylic acids is 1. The fourth-order valence-corrected chi connectivity index (χ4v) is 2.14. The molecule has 4 atom stereocenters. The summed E-state index contributed by atoms with van der Waals surface area (Å²) in [6, 6.07) is -1.14. The first-order valence-corrected chi connectivity index (χ1v) is 6.25. The van der Waals surface area contributed by atoms with Gasteiger partial charge < -0.3 is 30.7 Å². The molecule has 1 heterocycles. The number of nitrogens with one attached hydrogen (secondary N) is 2. The maximum atomic E-state index is 11.3. The SMILES string of the molecule is CNC1C=C(C(=O)O)OC(C(O)CCO)C1NC(C)=O. The van der Waals surface area contributed by atoms with E-state index in [0.717, 1.165) is 0 Å². The van der Waals surface area contributed by atoms with E-state index in [0.29, 0.717) is 0 Å². The molecule has 1 aliphatic rings. The molecule has 8 nitrogen and oxygen atoms in total. The largest absolute Gasteiger partial charge is 0.478 e. The third kappa shape index (κ3) is 3.92. The van der Waals surface area contributed by atoms with Crippen molar-refractivity contribution in [2.24, 2.45) is 0 Å². The van der Waals surface area contributed by atoms with Gasteiger partial charge in [-0.15, -0.1) is 0 Å². The van der Waals surface area contributed by atoms with Crippen LogP contribution in [-0.2, 0) is 14.3 Å². The number of carboxylic acid groups (broad SMARTS) is 1. The van der Waals surface area contributed by atoms with Gasteiger partial charge in [-0.05, 0) is 13.1 Å². The third-order valence-corrected chi connectivity index (χ3v) is 3.05. The summed E-state index contributed by atoms with van der Waals surface area (Å²) in [5.41, 5.74) is 0. The molecule has 0 fully saturated rings. The topological polar surface area (TPSA) is 128 Å². The number of hydrogen-bond acceptors (Lipinski definition) is 6. The average Bonchev–Trinajstić information content (AvgIpc) is 2.38. The summed E-state index contributed by atoms with van der Waals surface area (Å²) in [7, 11) is 1.61. The molecule has 0 radical (unpaired) electrons. The Hall–Kier alpha value is -1.64.